The second-order valence-corrected chi connectivity index (χ2v) is 5.33. The Labute approximate surface area is 113 Å². The van der Waals surface area contributed by atoms with Crippen LogP contribution in [0.25, 0.3) is 0 Å². The zero-order chi connectivity index (χ0) is 13.1. The number of nitriles is 1. The summed E-state index contributed by atoms with van der Waals surface area (Å²) in [6, 6.07) is 4.27. The molecule has 19 heavy (non-hydrogen) atoms. The molecule has 1 aromatic heterocycles. The van der Waals surface area contributed by atoms with E-state index in [4.69, 9.17) is 4.74 Å². The van der Waals surface area contributed by atoms with E-state index in [1.807, 2.05) is 6.07 Å². The molecule has 100 valence electrons. The van der Waals surface area contributed by atoms with Crippen molar-refractivity contribution in [2.75, 3.05) is 18.5 Å². The predicted molar refractivity (Wildman–Crippen MR) is 73.1 cm³/mol. The van der Waals surface area contributed by atoms with Gasteiger partial charge in [-0.25, -0.2) is 4.98 Å². The summed E-state index contributed by atoms with van der Waals surface area (Å²) in [4.78, 5) is 4.66. The maximum Gasteiger partial charge on any atom is 0.144 e. The fourth-order valence-corrected chi connectivity index (χ4v) is 2.87. The fourth-order valence-electron chi connectivity index (χ4n) is 2.87. The monoisotopic (exact) mass is 257 g/mol. The molecule has 0 radical (unpaired) electrons. The number of nitrogens with one attached hydrogen (secondary N) is 1. The molecule has 1 fully saturated rings. The first-order chi connectivity index (χ1) is 9.36. The lowest BCUT2D eigenvalue weighted by atomic mass is 9.95. The summed E-state index contributed by atoms with van der Waals surface area (Å²) < 4.78 is 5.59. The molecule has 2 aliphatic rings. The Morgan fingerprint density at radius 3 is 3.05 bits per heavy atom. The van der Waals surface area contributed by atoms with Gasteiger partial charge in [0.15, 0.2) is 0 Å². The molecule has 2 heterocycles. The largest absolute Gasteiger partial charge is 0.376 e. The molecule has 1 aromatic rings. The number of hydrogen-bond donors (Lipinski definition) is 1. The van der Waals surface area contributed by atoms with Gasteiger partial charge >= 0.3 is 0 Å². The van der Waals surface area contributed by atoms with Gasteiger partial charge < -0.3 is 10.1 Å². The average molecular weight is 257 g/mol. The van der Waals surface area contributed by atoms with E-state index in [1.165, 1.54) is 24.1 Å². The predicted octanol–water partition coefficient (Wildman–Crippen LogP) is 2.42. The van der Waals surface area contributed by atoms with Crippen LogP contribution < -0.4 is 5.32 Å². The molecule has 0 amide bonds. The first kappa shape index (κ1) is 12.4. The van der Waals surface area contributed by atoms with Crippen LogP contribution in [0.2, 0.25) is 0 Å². The van der Waals surface area contributed by atoms with Crippen molar-refractivity contribution in [3.05, 3.63) is 22.9 Å². The number of anilines is 1. The molecule has 4 heteroatoms. The van der Waals surface area contributed by atoms with Crippen LogP contribution in [0, 0.1) is 11.3 Å². The number of fused-ring (bicyclic) bond motifs is 1. The summed E-state index contributed by atoms with van der Waals surface area (Å²) in [6.07, 6.45) is 7.01. The van der Waals surface area contributed by atoms with E-state index < -0.39 is 0 Å². The van der Waals surface area contributed by atoms with Gasteiger partial charge in [0.2, 0.25) is 0 Å². The van der Waals surface area contributed by atoms with Gasteiger partial charge in [-0.05, 0) is 50.2 Å². The maximum atomic E-state index is 9.25. The van der Waals surface area contributed by atoms with Gasteiger partial charge in [-0.2, -0.15) is 5.26 Å². The number of pyridine rings is 1. The van der Waals surface area contributed by atoms with Gasteiger partial charge in [0.25, 0.3) is 0 Å². The zero-order valence-electron chi connectivity index (χ0n) is 11.1. The van der Waals surface area contributed by atoms with E-state index in [-0.39, 0.29) is 6.10 Å². The Morgan fingerprint density at radius 2 is 2.26 bits per heavy atom. The minimum absolute atomic E-state index is 0.268. The molecule has 3 rings (SSSR count). The molecule has 0 saturated carbocycles. The molecule has 1 atom stereocenters. The summed E-state index contributed by atoms with van der Waals surface area (Å²) in [7, 11) is 0. The highest BCUT2D eigenvalue weighted by molar-refractivity contribution is 5.54. The van der Waals surface area contributed by atoms with E-state index in [1.54, 1.807) is 0 Å². The summed E-state index contributed by atoms with van der Waals surface area (Å²) in [5, 5.41) is 12.5. The average Bonchev–Trinajstić information content (AvgIpc) is 2.97. The van der Waals surface area contributed by atoms with Gasteiger partial charge in [0.1, 0.15) is 11.9 Å². The minimum atomic E-state index is 0.268. The van der Waals surface area contributed by atoms with Crippen molar-refractivity contribution in [2.24, 2.45) is 0 Å². The molecular formula is C15H19N3O. The SMILES string of the molecule is N#Cc1cc2c(nc1NCC1CCCO1)CCCC2. The van der Waals surface area contributed by atoms with E-state index in [2.05, 4.69) is 16.4 Å². The van der Waals surface area contributed by atoms with Gasteiger partial charge in [0, 0.05) is 18.8 Å². The van der Waals surface area contributed by atoms with Crippen molar-refractivity contribution in [1.29, 1.82) is 5.26 Å². The summed E-state index contributed by atoms with van der Waals surface area (Å²) in [5.41, 5.74) is 3.09. The number of rotatable bonds is 3. The Balaban J connectivity index is 1.77. The minimum Gasteiger partial charge on any atom is -0.376 e. The lowest BCUT2D eigenvalue weighted by Gasteiger charge is -2.18. The van der Waals surface area contributed by atoms with E-state index in [0.29, 0.717) is 5.56 Å². The number of nitrogens with zero attached hydrogens (tertiary/aromatic N) is 2. The van der Waals surface area contributed by atoms with Crippen molar-refractivity contribution in [3.63, 3.8) is 0 Å². The number of hydrogen-bond acceptors (Lipinski definition) is 4. The Kier molecular flexibility index (Phi) is 3.65. The molecular weight excluding hydrogens is 238 g/mol. The van der Waals surface area contributed by atoms with E-state index >= 15 is 0 Å². The van der Waals surface area contributed by atoms with Gasteiger partial charge in [-0.15, -0.1) is 0 Å². The smallest absolute Gasteiger partial charge is 0.144 e. The van der Waals surface area contributed by atoms with Crippen LogP contribution in [-0.2, 0) is 17.6 Å². The first-order valence-corrected chi connectivity index (χ1v) is 7.15. The van der Waals surface area contributed by atoms with Crippen LogP contribution >= 0.6 is 0 Å². The summed E-state index contributed by atoms with van der Waals surface area (Å²) in [6.45, 7) is 1.61. The van der Waals surface area contributed by atoms with Crippen LogP contribution in [-0.4, -0.2) is 24.2 Å². The van der Waals surface area contributed by atoms with Crippen molar-refractivity contribution in [1.82, 2.24) is 4.98 Å². The number of ether oxygens (including phenoxy) is 1. The lowest BCUT2D eigenvalue weighted by molar-refractivity contribution is 0.120. The molecule has 0 bridgehead atoms. The van der Waals surface area contributed by atoms with Crippen molar-refractivity contribution >= 4 is 5.82 Å². The molecule has 1 unspecified atom stereocenters. The second-order valence-electron chi connectivity index (χ2n) is 5.33. The lowest BCUT2D eigenvalue weighted by Crippen LogP contribution is -2.20. The maximum absolute atomic E-state index is 9.25. The normalized spacial score (nSPS) is 21.7. The quantitative estimate of drug-likeness (QED) is 0.903. The van der Waals surface area contributed by atoms with Crippen LogP contribution in [0.15, 0.2) is 6.07 Å². The van der Waals surface area contributed by atoms with Gasteiger partial charge in [-0.1, -0.05) is 0 Å². The molecule has 1 N–H and O–H groups in total. The topological polar surface area (TPSA) is 57.9 Å². The second kappa shape index (κ2) is 5.58. The van der Waals surface area contributed by atoms with Gasteiger partial charge in [-0.3, -0.25) is 0 Å². The van der Waals surface area contributed by atoms with Crippen LogP contribution in [0.4, 0.5) is 5.82 Å². The highest BCUT2D eigenvalue weighted by Crippen LogP contribution is 2.24. The summed E-state index contributed by atoms with van der Waals surface area (Å²) in [5.74, 6) is 0.735. The third kappa shape index (κ3) is 2.71. The Morgan fingerprint density at radius 1 is 1.37 bits per heavy atom. The molecule has 0 spiro atoms. The molecule has 1 aliphatic heterocycles. The first-order valence-electron chi connectivity index (χ1n) is 7.15. The van der Waals surface area contributed by atoms with Crippen molar-refractivity contribution in [3.8, 4) is 6.07 Å². The highest BCUT2D eigenvalue weighted by Gasteiger charge is 2.18. The third-order valence-electron chi connectivity index (χ3n) is 3.94. The van der Waals surface area contributed by atoms with Gasteiger partial charge in [0.05, 0.1) is 11.7 Å². The van der Waals surface area contributed by atoms with Crippen molar-refractivity contribution < 1.29 is 4.74 Å². The Bertz CT molecular complexity index is 501. The summed E-state index contributed by atoms with van der Waals surface area (Å²) >= 11 is 0. The molecule has 1 saturated heterocycles. The molecule has 1 aliphatic carbocycles. The van der Waals surface area contributed by atoms with Crippen molar-refractivity contribution in [2.45, 2.75) is 44.6 Å². The standard InChI is InChI=1S/C15H19N3O/c16-9-12-8-11-4-1-2-6-14(11)18-15(12)17-10-13-5-3-7-19-13/h8,13H,1-7,10H2,(H,17,18). The number of aromatic nitrogens is 1. The van der Waals surface area contributed by atoms with Crippen LogP contribution in [0.1, 0.15) is 42.5 Å². The van der Waals surface area contributed by atoms with E-state index in [0.717, 1.165) is 44.7 Å². The Hall–Kier alpha value is -1.60. The zero-order valence-corrected chi connectivity index (χ0v) is 11.1. The van der Waals surface area contributed by atoms with Crippen LogP contribution in [0.3, 0.4) is 0 Å². The number of aryl methyl sites for hydroxylation is 2. The fraction of sp³-hybridized carbons (Fsp3) is 0.600. The van der Waals surface area contributed by atoms with Crippen LogP contribution in [0.5, 0.6) is 0 Å². The molecule has 0 aromatic carbocycles. The van der Waals surface area contributed by atoms with E-state index in [9.17, 15) is 5.26 Å². The highest BCUT2D eigenvalue weighted by atomic mass is 16.5. The molecule has 4 nitrogen and oxygen atoms in total. The third-order valence-corrected chi connectivity index (χ3v) is 3.94.